The average molecular weight is 356 g/mol. The SMILES string of the molecule is CCCCCC1CCC(c2ccc(C(=O)NC3CCCCC3)cc2)CC1. The fourth-order valence-corrected chi connectivity index (χ4v) is 4.89. The van der Waals surface area contributed by atoms with Crippen molar-refractivity contribution in [2.24, 2.45) is 5.92 Å². The Labute approximate surface area is 160 Å². The normalized spacial score (nSPS) is 24.3. The lowest BCUT2D eigenvalue weighted by Gasteiger charge is -2.29. The van der Waals surface area contributed by atoms with Gasteiger partial charge in [0.2, 0.25) is 0 Å². The van der Waals surface area contributed by atoms with Gasteiger partial charge < -0.3 is 5.32 Å². The predicted octanol–water partition coefficient (Wildman–Crippen LogP) is 6.60. The van der Waals surface area contributed by atoms with Crippen LogP contribution in [0.15, 0.2) is 24.3 Å². The minimum Gasteiger partial charge on any atom is -0.349 e. The number of nitrogens with one attached hydrogen (secondary N) is 1. The van der Waals surface area contributed by atoms with Gasteiger partial charge in [0.25, 0.3) is 5.91 Å². The highest BCUT2D eigenvalue weighted by Gasteiger charge is 2.22. The van der Waals surface area contributed by atoms with Gasteiger partial charge in [-0.2, -0.15) is 0 Å². The smallest absolute Gasteiger partial charge is 0.251 e. The summed E-state index contributed by atoms with van der Waals surface area (Å²) in [5.41, 5.74) is 2.26. The summed E-state index contributed by atoms with van der Waals surface area (Å²) in [6.45, 7) is 2.29. The molecular weight excluding hydrogens is 318 g/mol. The van der Waals surface area contributed by atoms with E-state index < -0.39 is 0 Å². The zero-order valence-corrected chi connectivity index (χ0v) is 16.6. The molecule has 144 valence electrons. The van der Waals surface area contributed by atoms with Crippen LogP contribution in [0, 0.1) is 5.92 Å². The molecule has 1 aromatic carbocycles. The molecule has 1 aromatic rings. The highest BCUT2D eigenvalue weighted by atomic mass is 16.1. The van der Waals surface area contributed by atoms with Gasteiger partial charge >= 0.3 is 0 Å². The first kappa shape index (κ1) is 19.5. The molecule has 0 atom stereocenters. The number of amides is 1. The van der Waals surface area contributed by atoms with Gasteiger partial charge in [-0.1, -0.05) is 64.0 Å². The van der Waals surface area contributed by atoms with Crippen molar-refractivity contribution in [1.29, 1.82) is 0 Å². The van der Waals surface area contributed by atoms with E-state index in [1.54, 1.807) is 0 Å². The highest BCUT2D eigenvalue weighted by Crippen LogP contribution is 2.37. The minimum atomic E-state index is 0.114. The Balaban J connectivity index is 1.46. The second-order valence-corrected chi connectivity index (χ2v) is 8.64. The molecule has 0 aromatic heterocycles. The molecule has 0 spiro atoms. The van der Waals surface area contributed by atoms with Gasteiger partial charge in [-0.15, -0.1) is 0 Å². The minimum absolute atomic E-state index is 0.114. The van der Waals surface area contributed by atoms with E-state index in [2.05, 4.69) is 24.4 Å². The molecule has 0 aliphatic heterocycles. The van der Waals surface area contributed by atoms with Crippen molar-refractivity contribution in [3.63, 3.8) is 0 Å². The lowest BCUT2D eigenvalue weighted by Crippen LogP contribution is -2.36. The Morgan fingerprint density at radius 2 is 1.62 bits per heavy atom. The van der Waals surface area contributed by atoms with E-state index in [0.717, 1.165) is 24.3 Å². The monoisotopic (exact) mass is 355 g/mol. The van der Waals surface area contributed by atoms with Crippen molar-refractivity contribution in [1.82, 2.24) is 5.32 Å². The summed E-state index contributed by atoms with van der Waals surface area (Å²) in [4.78, 5) is 12.5. The Morgan fingerprint density at radius 3 is 2.27 bits per heavy atom. The fourth-order valence-electron chi connectivity index (χ4n) is 4.89. The topological polar surface area (TPSA) is 29.1 Å². The summed E-state index contributed by atoms with van der Waals surface area (Å²) in [6.07, 6.45) is 17.1. The molecule has 1 N–H and O–H groups in total. The molecule has 2 fully saturated rings. The molecule has 2 aliphatic rings. The largest absolute Gasteiger partial charge is 0.349 e. The summed E-state index contributed by atoms with van der Waals surface area (Å²) in [5, 5.41) is 3.23. The Bertz CT molecular complexity index is 536. The van der Waals surface area contributed by atoms with Crippen molar-refractivity contribution in [2.75, 3.05) is 0 Å². The average Bonchev–Trinajstić information content (AvgIpc) is 2.70. The van der Waals surface area contributed by atoms with E-state index in [9.17, 15) is 4.79 Å². The van der Waals surface area contributed by atoms with Gasteiger partial charge in [0.1, 0.15) is 0 Å². The number of hydrogen-bond acceptors (Lipinski definition) is 1. The van der Waals surface area contributed by atoms with E-state index in [0.29, 0.717) is 12.0 Å². The third-order valence-corrected chi connectivity index (χ3v) is 6.65. The fraction of sp³-hybridized carbons (Fsp3) is 0.708. The zero-order valence-electron chi connectivity index (χ0n) is 16.6. The summed E-state index contributed by atoms with van der Waals surface area (Å²) >= 11 is 0. The number of carbonyl (C=O) groups is 1. The van der Waals surface area contributed by atoms with Crippen LogP contribution in [-0.2, 0) is 0 Å². The molecule has 2 nitrogen and oxygen atoms in total. The second kappa shape index (κ2) is 10.1. The molecule has 0 heterocycles. The third-order valence-electron chi connectivity index (χ3n) is 6.65. The molecule has 2 saturated carbocycles. The lowest BCUT2D eigenvalue weighted by atomic mass is 9.77. The molecular formula is C24H37NO. The quantitative estimate of drug-likeness (QED) is 0.548. The number of carbonyl (C=O) groups excluding carboxylic acids is 1. The zero-order chi connectivity index (χ0) is 18.2. The number of benzene rings is 1. The molecule has 0 saturated heterocycles. The van der Waals surface area contributed by atoms with Gasteiger partial charge in [0.15, 0.2) is 0 Å². The molecule has 3 rings (SSSR count). The number of unbranched alkanes of at least 4 members (excludes halogenated alkanes) is 2. The predicted molar refractivity (Wildman–Crippen MR) is 110 cm³/mol. The third kappa shape index (κ3) is 5.59. The molecule has 1 amide bonds. The van der Waals surface area contributed by atoms with Gasteiger partial charge in [-0.25, -0.2) is 0 Å². The second-order valence-electron chi connectivity index (χ2n) is 8.64. The van der Waals surface area contributed by atoms with Crippen LogP contribution in [0.4, 0.5) is 0 Å². The number of hydrogen-bond donors (Lipinski definition) is 1. The molecule has 0 bridgehead atoms. The molecule has 2 aliphatic carbocycles. The van der Waals surface area contributed by atoms with E-state index in [1.165, 1.54) is 76.2 Å². The van der Waals surface area contributed by atoms with E-state index >= 15 is 0 Å². The summed E-state index contributed by atoms with van der Waals surface area (Å²) < 4.78 is 0. The summed E-state index contributed by atoms with van der Waals surface area (Å²) in [6, 6.07) is 8.89. The first-order chi connectivity index (χ1) is 12.8. The first-order valence-corrected chi connectivity index (χ1v) is 11.2. The first-order valence-electron chi connectivity index (χ1n) is 11.2. The number of rotatable bonds is 7. The van der Waals surface area contributed by atoms with Crippen LogP contribution in [0.5, 0.6) is 0 Å². The van der Waals surface area contributed by atoms with Crippen LogP contribution < -0.4 is 5.32 Å². The highest BCUT2D eigenvalue weighted by molar-refractivity contribution is 5.94. The Hall–Kier alpha value is -1.31. The van der Waals surface area contributed by atoms with E-state index in [-0.39, 0.29) is 5.91 Å². The molecule has 26 heavy (non-hydrogen) atoms. The maximum atomic E-state index is 12.5. The van der Waals surface area contributed by atoms with Crippen molar-refractivity contribution in [3.05, 3.63) is 35.4 Å². The lowest BCUT2D eigenvalue weighted by molar-refractivity contribution is 0.0927. The van der Waals surface area contributed by atoms with Gasteiger partial charge in [-0.05, 0) is 68.1 Å². The van der Waals surface area contributed by atoms with Crippen LogP contribution in [0.1, 0.15) is 112 Å². The maximum Gasteiger partial charge on any atom is 0.251 e. The van der Waals surface area contributed by atoms with Crippen molar-refractivity contribution in [3.8, 4) is 0 Å². The van der Waals surface area contributed by atoms with Crippen LogP contribution in [-0.4, -0.2) is 11.9 Å². The van der Waals surface area contributed by atoms with Crippen LogP contribution >= 0.6 is 0 Å². The summed E-state index contributed by atoms with van der Waals surface area (Å²) in [5.74, 6) is 1.77. The van der Waals surface area contributed by atoms with Crippen molar-refractivity contribution >= 4 is 5.91 Å². The van der Waals surface area contributed by atoms with E-state index in [4.69, 9.17) is 0 Å². The van der Waals surface area contributed by atoms with Gasteiger partial charge in [0, 0.05) is 11.6 Å². The molecule has 0 unspecified atom stereocenters. The summed E-state index contributed by atoms with van der Waals surface area (Å²) in [7, 11) is 0. The molecule has 0 radical (unpaired) electrons. The van der Waals surface area contributed by atoms with Crippen LogP contribution in [0.2, 0.25) is 0 Å². The van der Waals surface area contributed by atoms with Crippen LogP contribution in [0.3, 0.4) is 0 Å². The molecule has 2 heteroatoms. The maximum absolute atomic E-state index is 12.5. The van der Waals surface area contributed by atoms with Crippen LogP contribution in [0.25, 0.3) is 0 Å². The Morgan fingerprint density at radius 1 is 0.923 bits per heavy atom. The Kier molecular flexibility index (Phi) is 7.58. The van der Waals surface area contributed by atoms with Gasteiger partial charge in [0.05, 0.1) is 0 Å². The van der Waals surface area contributed by atoms with Crippen molar-refractivity contribution < 1.29 is 4.79 Å². The van der Waals surface area contributed by atoms with E-state index in [1.807, 2.05) is 12.1 Å². The van der Waals surface area contributed by atoms with Crippen molar-refractivity contribution in [2.45, 2.75) is 102 Å². The van der Waals surface area contributed by atoms with Gasteiger partial charge in [-0.3, -0.25) is 4.79 Å². The standard InChI is InChI=1S/C24H37NO/c1-2-3-5-8-19-11-13-20(14-12-19)21-15-17-22(18-16-21)24(26)25-23-9-6-4-7-10-23/h15-20,23H,2-14H2,1H3,(H,25,26).